The summed E-state index contributed by atoms with van der Waals surface area (Å²) in [5.74, 6) is 1.01. The molecule has 4 rings (SSSR count). The fourth-order valence-electron chi connectivity index (χ4n) is 3.80. The molecule has 0 unspecified atom stereocenters. The maximum Gasteiger partial charge on any atom is 0.226 e. The number of benzene rings is 1. The number of rotatable bonds is 5. The molecule has 1 aliphatic heterocycles. The number of nitriles is 1. The molecule has 0 spiro atoms. The number of fused-ring (bicyclic) bond motifs is 1. The van der Waals surface area contributed by atoms with Crippen LogP contribution in [-0.4, -0.2) is 55.2 Å². The minimum absolute atomic E-state index is 0.00111. The van der Waals surface area contributed by atoms with Gasteiger partial charge in [-0.2, -0.15) is 5.26 Å². The third kappa shape index (κ3) is 4.08. The van der Waals surface area contributed by atoms with Crippen molar-refractivity contribution in [1.29, 1.82) is 5.26 Å². The lowest BCUT2D eigenvalue weighted by Crippen LogP contribution is -2.45. The Balaban J connectivity index is 1.40. The van der Waals surface area contributed by atoms with Crippen LogP contribution in [0.4, 0.5) is 5.82 Å². The van der Waals surface area contributed by atoms with E-state index in [1.54, 1.807) is 12.1 Å². The first-order chi connectivity index (χ1) is 14.5. The lowest BCUT2D eigenvalue weighted by molar-refractivity contribution is -0.138. The van der Waals surface area contributed by atoms with Crippen LogP contribution in [0.25, 0.3) is 5.65 Å². The number of amides is 1. The number of nitrogens with zero attached hydrogens (tertiary/aromatic N) is 8. The van der Waals surface area contributed by atoms with Gasteiger partial charge in [0.1, 0.15) is 0 Å². The van der Waals surface area contributed by atoms with E-state index in [4.69, 9.17) is 5.26 Å². The Bertz CT molecular complexity index is 1060. The average Bonchev–Trinajstić information content (AvgIpc) is 3.25. The lowest BCUT2D eigenvalue weighted by atomic mass is 9.94. The van der Waals surface area contributed by atoms with Crippen molar-refractivity contribution in [2.75, 3.05) is 18.0 Å². The summed E-state index contributed by atoms with van der Waals surface area (Å²) in [6.45, 7) is 6.17. The van der Waals surface area contributed by atoms with E-state index in [2.05, 4.69) is 31.6 Å². The number of piperidine rings is 1. The van der Waals surface area contributed by atoms with E-state index in [0.717, 1.165) is 37.3 Å². The molecule has 0 N–H and O–H groups in total. The molecule has 1 aliphatic rings. The van der Waals surface area contributed by atoms with Crippen molar-refractivity contribution in [1.82, 2.24) is 30.2 Å². The minimum Gasteiger partial charge on any atom is -0.355 e. The number of carbonyl (C=O) groups excluding carboxylic acids is 1. The summed E-state index contributed by atoms with van der Waals surface area (Å²) in [6.07, 6.45) is 1.56. The van der Waals surface area contributed by atoms with E-state index in [9.17, 15) is 4.79 Å². The minimum atomic E-state index is -0.00111. The Kier molecular flexibility index (Phi) is 5.57. The number of hydrogen-bond donors (Lipinski definition) is 0. The highest BCUT2D eigenvalue weighted by Crippen LogP contribution is 2.25. The molecule has 0 aliphatic carbocycles. The van der Waals surface area contributed by atoms with Gasteiger partial charge in [-0.25, -0.2) is 0 Å². The molecule has 2 aromatic heterocycles. The monoisotopic (exact) mass is 404 g/mol. The zero-order valence-corrected chi connectivity index (χ0v) is 17.1. The number of hydrogen-bond acceptors (Lipinski definition) is 7. The summed E-state index contributed by atoms with van der Waals surface area (Å²) in [6, 6.07) is 13.4. The van der Waals surface area contributed by atoms with Crippen LogP contribution in [0, 0.1) is 17.2 Å². The van der Waals surface area contributed by atoms with Gasteiger partial charge in [-0.3, -0.25) is 4.79 Å². The number of tetrazole rings is 1. The molecule has 3 aromatic rings. The molecule has 3 heterocycles. The van der Waals surface area contributed by atoms with Crippen molar-refractivity contribution in [2.24, 2.45) is 5.92 Å². The van der Waals surface area contributed by atoms with Crippen LogP contribution in [0.15, 0.2) is 36.4 Å². The second-order valence-electron chi connectivity index (χ2n) is 7.85. The molecule has 0 bridgehead atoms. The molecular formula is C21H24N8O. The Labute approximate surface area is 174 Å². The topological polar surface area (TPSA) is 103 Å². The molecular weight excluding hydrogens is 380 g/mol. The predicted octanol–water partition coefficient (Wildman–Crippen LogP) is 2.04. The standard InChI is InChI=1S/C21H24N8O/c1-15(2)28(14-17-5-3-16(13-22)4-6-17)21(30)18-9-11-27(12-10-18)20-8-7-19-23-25-26-29(19)24-20/h3-8,15,18H,9-12,14H2,1-2H3. The quantitative estimate of drug-likeness (QED) is 0.641. The van der Waals surface area contributed by atoms with E-state index in [1.165, 1.54) is 4.63 Å². The molecule has 1 saturated heterocycles. The maximum atomic E-state index is 13.3. The second kappa shape index (κ2) is 8.45. The normalized spacial score (nSPS) is 14.8. The zero-order chi connectivity index (χ0) is 21.1. The van der Waals surface area contributed by atoms with Crippen molar-refractivity contribution >= 4 is 17.4 Å². The van der Waals surface area contributed by atoms with Gasteiger partial charge in [0.15, 0.2) is 11.5 Å². The van der Waals surface area contributed by atoms with Gasteiger partial charge >= 0.3 is 0 Å². The van der Waals surface area contributed by atoms with Crippen LogP contribution >= 0.6 is 0 Å². The van der Waals surface area contributed by atoms with Gasteiger partial charge in [0, 0.05) is 31.6 Å². The highest BCUT2D eigenvalue weighted by molar-refractivity contribution is 5.79. The first kappa shape index (κ1) is 19.8. The van der Waals surface area contributed by atoms with Crippen LogP contribution < -0.4 is 4.90 Å². The fourth-order valence-corrected chi connectivity index (χ4v) is 3.80. The van der Waals surface area contributed by atoms with Gasteiger partial charge in [0.2, 0.25) is 5.91 Å². The summed E-state index contributed by atoms with van der Waals surface area (Å²) >= 11 is 0. The van der Waals surface area contributed by atoms with Crippen molar-refractivity contribution in [3.8, 4) is 6.07 Å². The summed E-state index contributed by atoms with van der Waals surface area (Å²) in [5, 5.41) is 24.8. The maximum absolute atomic E-state index is 13.3. The second-order valence-corrected chi connectivity index (χ2v) is 7.85. The van der Waals surface area contributed by atoms with Crippen LogP contribution in [0.5, 0.6) is 0 Å². The summed E-state index contributed by atoms with van der Waals surface area (Å²) in [5.41, 5.74) is 2.27. The Morgan fingerprint density at radius 3 is 2.60 bits per heavy atom. The number of carbonyl (C=O) groups is 1. The third-order valence-corrected chi connectivity index (χ3v) is 5.57. The van der Waals surface area contributed by atoms with Gasteiger partial charge in [-0.15, -0.1) is 14.8 Å². The Morgan fingerprint density at radius 2 is 1.93 bits per heavy atom. The smallest absolute Gasteiger partial charge is 0.226 e. The van der Waals surface area contributed by atoms with Gasteiger partial charge in [0.25, 0.3) is 0 Å². The third-order valence-electron chi connectivity index (χ3n) is 5.57. The van der Waals surface area contributed by atoms with Crippen molar-refractivity contribution in [3.05, 3.63) is 47.5 Å². The van der Waals surface area contributed by atoms with Crippen molar-refractivity contribution in [2.45, 2.75) is 39.3 Å². The molecule has 0 atom stereocenters. The van der Waals surface area contributed by atoms with E-state index in [-0.39, 0.29) is 17.9 Å². The molecule has 9 heteroatoms. The fraction of sp³-hybridized carbons (Fsp3) is 0.429. The van der Waals surface area contributed by atoms with E-state index < -0.39 is 0 Å². The van der Waals surface area contributed by atoms with E-state index in [0.29, 0.717) is 17.8 Å². The van der Waals surface area contributed by atoms with E-state index in [1.807, 2.05) is 43.0 Å². The van der Waals surface area contributed by atoms with Crippen molar-refractivity contribution < 1.29 is 4.79 Å². The van der Waals surface area contributed by atoms with Crippen LogP contribution in [0.3, 0.4) is 0 Å². The first-order valence-electron chi connectivity index (χ1n) is 10.1. The molecule has 30 heavy (non-hydrogen) atoms. The molecule has 9 nitrogen and oxygen atoms in total. The largest absolute Gasteiger partial charge is 0.355 e. The highest BCUT2D eigenvalue weighted by atomic mass is 16.2. The predicted molar refractivity (Wildman–Crippen MR) is 110 cm³/mol. The van der Waals surface area contributed by atoms with Crippen molar-refractivity contribution in [3.63, 3.8) is 0 Å². The molecule has 154 valence electrons. The van der Waals surface area contributed by atoms with Gasteiger partial charge in [0.05, 0.1) is 11.6 Å². The van der Waals surface area contributed by atoms with Gasteiger partial charge in [-0.05, 0) is 66.9 Å². The zero-order valence-electron chi connectivity index (χ0n) is 17.1. The van der Waals surface area contributed by atoms with Crippen LogP contribution in [0.1, 0.15) is 37.8 Å². The SMILES string of the molecule is CC(C)N(Cc1ccc(C#N)cc1)C(=O)C1CCN(c2ccc3nnnn3n2)CC1. The van der Waals surface area contributed by atoms with Crippen LogP contribution in [0.2, 0.25) is 0 Å². The molecule has 0 radical (unpaired) electrons. The first-order valence-corrected chi connectivity index (χ1v) is 10.1. The van der Waals surface area contributed by atoms with Crippen LogP contribution in [-0.2, 0) is 11.3 Å². The lowest BCUT2D eigenvalue weighted by Gasteiger charge is -2.36. The van der Waals surface area contributed by atoms with Gasteiger partial charge in [-0.1, -0.05) is 12.1 Å². The molecule has 1 fully saturated rings. The number of anilines is 1. The Hall–Kier alpha value is -3.54. The summed E-state index contributed by atoms with van der Waals surface area (Å²) in [7, 11) is 0. The molecule has 1 aromatic carbocycles. The molecule has 1 amide bonds. The summed E-state index contributed by atoms with van der Waals surface area (Å²) < 4.78 is 1.42. The Morgan fingerprint density at radius 1 is 1.20 bits per heavy atom. The van der Waals surface area contributed by atoms with Gasteiger partial charge < -0.3 is 9.80 Å². The average molecular weight is 404 g/mol. The summed E-state index contributed by atoms with van der Waals surface area (Å²) in [4.78, 5) is 17.4. The number of aromatic nitrogens is 5. The highest BCUT2D eigenvalue weighted by Gasteiger charge is 2.30. The molecule has 0 saturated carbocycles. The van der Waals surface area contributed by atoms with E-state index >= 15 is 0 Å².